The summed E-state index contributed by atoms with van der Waals surface area (Å²) in [6.07, 6.45) is 1.21. The van der Waals surface area contributed by atoms with Gasteiger partial charge in [-0.25, -0.2) is 13.6 Å². The average molecular weight is 327 g/mol. The van der Waals surface area contributed by atoms with Crippen LogP contribution in [0, 0.1) is 11.6 Å². The lowest BCUT2D eigenvalue weighted by molar-refractivity contribution is 0.0524. The number of hydrogen-bond donors (Lipinski definition) is 1. The van der Waals surface area contributed by atoms with Gasteiger partial charge < -0.3 is 14.4 Å². The Labute approximate surface area is 127 Å². The third kappa shape index (κ3) is 2.19. The molecule has 1 unspecified atom stereocenters. The van der Waals surface area contributed by atoms with Gasteiger partial charge in [0.15, 0.2) is 11.6 Å². The summed E-state index contributed by atoms with van der Waals surface area (Å²) in [4.78, 5) is 24.1. The molecule has 0 saturated heterocycles. The summed E-state index contributed by atoms with van der Waals surface area (Å²) in [5.74, 6) is -3.15. The molecule has 116 valence electrons. The van der Waals surface area contributed by atoms with Gasteiger partial charge in [-0.1, -0.05) is 11.8 Å². The van der Waals surface area contributed by atoms with Crippen LogP contribution in [0.15, 0.2) is 22.0 Å². The normalized spacial score (nSPS) is 16.8. The predicted molar refractivity (Wildman–Crippen MR) is 75.9 cm³/mol. The predicted octanol–water partition coefficient (Wildman–Crippen LogP) is 1.88. The second-order valence-electron chi connectivity index (χ2n) is 4.71. The molecule has 5 nitrogen and oxygen atoms in total. The van der Waals surface area contributed by atoms with Crippen molar-refractivity contribution in [2.24, 2.45) is 0 Å². The van der Waals surface area contributed by atoms with Crippen molar-refractivity contribution >= 4 is 28.6 Å². The highest BCUT2D eigenvalue weighted by molar-refractivity contribution is 8.00. The van der Waals surface area contributed by atoms with E-state index < -0.39 is 28.5 Å². The number of thioether (sulfide) groups is 1. The van der Waals surface area contributed by atoms with Crippen LogP contribution in [0.1, 0.15) is 17.3 Å². The summed E-state index contributed by atoms with van der Waals surface area (Å²) in [6.45, 7) is 1.72. The quantitative estimate of drug-likeness (QED) is 0.853. The van der Waals surface area contributed by atoms with Crippen molar-refractivity contribution in [3.05, 3.63) is 39.7 Å². The van der Waals surface area contributed by atoms with Gasteiger partial charge in [0.25, 0.3) is 0 Å². The van der Waals surface area contributed by atoms with E-state index in [1.165, 1.54) is 10.8 Å². The van der Waals surface area contributed by atoms with Crippen LogP contribution in [0.4, 0.5) is 8.78 Å². The number of aromatic nitrogens is 1. The molecule has 0 amide bonds. The van der Waals surface area contributed by atoms with Crippen molar-refractivity contribution in [2.75, 3.05) is 6.61 Å². The minimum atomic E-state index is -1.20. The van der Waals surface area contributed by atoms with Crippen molar-refractivity contribution in [3.63, 3.8) is 0 Å². The van der Waals surface area contributed by atoms with Gasteiger partial charge in [0, 0.05) is 6.20 Å². The molecule has 0 fully saturated rings. The Kier molecular flexibility index (Phi) is 3.65. The Balaban J connectivity index is 2.38. The lowest BCUT2D eigenvalue weighted by atomic mass is 10.1. The number of benzene rings is 1. The Bertz CT molecular complexity index is 849. The molecule has 1 aliphatic rings. The zero-order chi connectivity index (χ0) is 16.0. The summed E-state index contributed by atoms with van der Waals surface area (Å²) < 4.78 is 33.8. The minimum absolute atomic E-state index is 0.0475. The minimum Gasteiger partial charge on any atom is -0.462 e. The summed E-state index contributed by atoms with van der Waals surface area (Å²) >= 11 is 0.743. The van der Waals surface area contributed by atoms with Crippen LogP contribution in [0.5, 0.6) is 0 Å². The van der Waals surface area contributed by atoms with Gasteiger partial charge in [-0.15, -0.1) is 0 Å². The molecule has 3 rings (SSSR count). The number of pyridine rings is 1. The summed E-state index contributed by atoms with van der Waals surface area (Å²) in [5, 5.41) is 9.67. The fraction of sp³-hybridized carbons (Fsp3) is 0.286. The molecule has 1 atom stereocenters. The molecular weight excluding hydrogens is 316 g/mol. The van der Waals surface area contributed by atoms with Crippen molar-refractivity contribution in [1.82, 2.24) is 4.57 Å². The number of carbonyl (C=O) groups is 1. The highest BCUT2D eigenvalue weighted by Gasteiger charge is 2.28. The van der Waals surface area contributed by atoms with Crippen molar-refractivity contribution in [2.45, 2.75) is 23.8 Å². The first-order valence-corrected chi connectivity index (χ1v) is 7.39. The standard InChI is InChI=1S/C14H11F2NO4S/c1-2-21-14(20)7-4-17-5-9(18)22-13-10(16)8(15)3-6(11(13)17)12(7)19/h3-4,9,18H,2,5H2,1H3. The Hall–Kier alpha value is -1.93. The Morgan fingerprint density at radius 2 is 2.27 bits per heavy atom. The molecule has 0 aliphatic carbocycles. The van der Waals surface area contributed by atoms with Crippen molar-refractivity contribution in [1.29, 1.82) is 0 Å². The van der Waals surface area contributed by atoms with E-state index in [0.717, 1.165) is 17.8 Å². The molecule has 0 bridgehead atoms. The Morgan fingerprint density at radius 1 is 1.55 bits per heavy atom. The lowest BCUT2D eigenvalue weighted by Gasteiger charge is -2.24. The second kappa shape index (κ2) is 5.36. The van der Waals surface area contributed by atoms with Gasteiger partial charge in [0.2, 0.25) is 5.43 Å². The SMILES string of the molecule is CCOC(=O)c1cn2c3c(c(F)c(F)cc3c1=O)SC(O)C2. The zero-order valence-electron chi connectivity index (χ0n) is 11.4. The molecule has 2 aromatic rings. The molecule has 0 spiro atoms. The van der Waals surface area contributed by atoms with E-state index in [9.17, 15) is 23.5 Å². The summed E-state index contributed by atoms with van der Waals surface area (Å²) in [5.41, 5.74) is -1.83. The van der Waals surface area contributed by atoms with Gasteiger partial charge >= 0.3 is 5.97 Å². The number of carbonyl (C=O) groups excluding carboxylic acids is 1. The zero-order valence-corrected chi connectivity index (χ0v) is 12.2. The summed E-state index contributed by atoms with van der Waals surface area (Å²) in [6, 6.07) is 0.772. The van der Waals surface area contributed by atoms with Crippen molar-refractivity contribution < 1.29 is 23.4 Å². The van der Waals surface area contributed by atoms with Gasteiger partial charge in [-0.3, -0.25) is 4.79 Å². The van der Waals surface area contributed by atoms with Crippen LogP contribution >= 0.6 is 11.8 Å². The maximum Gasteiger partial charge on any atom is 0.343 e. The monoisotopic (exact) mass is 327 g/mol. The molecule has 1 aromatic carbocycles. The maximum absolute atomic E-state index is 13.9. The van der Waals surface area contributed by atoms with Gasteiger partial charge in [-0.2, -0.15) is 0 Å². The third-order valence-electron chi connectivity index (χ3n) is 3.31. The number of nitrogens with zero attached hydrogens (tertiary/aromatic N) is 1. The van der Waals surface area contributed by atoms with E-state index in [1.54, 1.807) is 6.92 Å². The number of aliphatic hydroxyl groups excluding tert-OH is 1. The van der Waals surface area contributed by atoms with Crippen LogP contribution in [0.2, 0.25) is 0 Å². The van der Waals surface area contributed by atoms with Crippen molar-refractivity contribution in [3.8, 4) is 0 Å². The summed E-state index contributed by atoms with van der Waals surface area (Å²) in [7, 11) is 0. The highest BCUT2D eigenvalue weighted by Crippen LogP contribution is 2.37. The molecule has 22 heavy (non-hydrogen) atoms. The van der Waals surface area contributed by atoms with Crippen LogP contribution in [-0.2, 0) is 11.3 Å². The molecule has 1 aliphatic heterocycles. The molecule has 8 heteroatoms. The van der Waals surface area contributed by atoms with Gasteiger partial charge in [0.1, 0.15) is 11.0 Å². The Morgan fingerprint density at radius 3 is 2.95 bits per heavy atom. The van der Waals surface area contributed by atoms with E-state index in [-0.39, 0.29) is 34.5 Å². The van der Waals surface area contributed by atoms with E-state index in [4.69, 9.17) is 4.74 Å². The highest BCUT2D eigenvalue weighted by atomic mass is 32.2. The number of aliphatic hydroxyl groups is 1. The average Bonchev–Trinajstić information content (AvgIpc) is 2.47. The molecule has 2 heterocycles. The first-order chi connectivity index (χ1) is 10.4. The van der Waals surface area contributed by atoms with Crippen LogP contribution in [0.25, 0.3) is 10.9 Å². The first-order valence-electron chi connectivity index (χ1n) is 6.51. The number of hydrogen-bond acceptors (Lipinski definition) is 5. The number of halogens is 2. The molecule has 0 saturated carbocycles. The van der Waals surface area contributed by atoms with E-state index >= 15 is 0 Å². The fourth-order valence-corrected chi connectivity index (χ4v) is 3.47. The first kappa shape index (κ1) is 15.0. The molecule has 1 aromatic heterocycles. The van der Waals surface area contributed by atoms with E-state index in [2.05, 4.69) is 0 Å². The topological polar surface area (TPSA) is 68.5 Å². The molecular formula is C14H11F2NO4S. The third-order valence-corrected chi connectivity index (χ3v) is 4.34. The maximum atomic E-state index is 13.9. The fourth-order valence-electron chi connectivity index (χ4n) is 2.42. The smallest absolute Gasteiger partial charge is 0.343 e. The van der Waals surface area contributed by atoms with E-state index in [0.29, 0.717) is 0 Å². The molecule has 0 radical (unpaired) electrons. The van der Waals surface area contributed by atoms with Crippen LogP contribution in [-0.4, -0.2) is 27.7 Å². The largest absolute Gasteiger partial charge is 0.462 e. The number of ether oxygens (including phenoxy) is 1. The van der Waals surface area contributed by atoms with E-state index in [1.807, 2.05) is 0 Å². The second-order valence-corrected chi connectivity index (χ2v) is 5.90. The lowest BCUT2D eigenvalue weighted by Crippen LogP contribution is -2.26. The van der Waals surface area contributed by atoms with Crippen LogP contribution in [0.3, 0.4) is 0 Å². The number of esters is 1. The number of rotatable bonds is 2. The van der Waals surface area contributed by atoms with Gasteiger partial charge in [-0.05, 0) is 13.0 Å². The molecule has 1 N–H and O–H groups in total. The van der Waals surface area contributed by atoms with Crippen LogP contribution < -0.4 is 5.43 Å². The van der Waals surface area contributed by atoms with Gasteiger partial charge in [0.05, 0.1) is 29.0 Å².